The van der Waals surface area contributed by atoms with Crippen LogP contribution < -0.4 is 10.6 Å². The van der Waals surface area contributed by atoms with Gasteiger partial charge in [0.2, 0.25) is 0 Å². The number of nitrogens with zero attached hydrogens (tertiary/aromatic N) is 1. The fourth-order valence-corrected chi connectivity index (χ4v) is 3.80. The lowest BCUT2D eigenvalue weighted by molar-refractivity contribution is 0.0517. The Bertz CT molecular complexity index is 375. The van der Waals surface area contributed by atoms with Crippen LogP contribution >= 0.6 is 0 Å². The van der Waals surface area contributed by atoms with E-state index in [0.717, 1.165) is 6.54 Å². The second-order valence-electron chi connectivity index (χ2n) is 8.26. The van der Waals surface area contributed by atoms with Gasteiger partial charge in [-0.15, -0.1) is 0 Å². The number of alkyl carbamates (subject to hydrolysis) is 1. The van der Waals surface area contributed by atoms with Crippen LogP contribution in [0.3, 0.4) is 0 Å². The normalized spacial score (nSPS) is 27.1. The van der Waals surface area contributed by atoms with E-state index in [2.05, 4.69) is 22.5 Å². The number of ether oxygens (including phenoxy) is 1. The fraction of sp³-hybridized carbons (Fsp3) is 0.944. The Balaban J connectivity index is 1.70. The molecule has 0 bridgehead atoms. The van der Waals surface area contributed by atoms with E-state index in [1.54, 1.807) is 0 Å². The molecule has 0 aromatic rings. The van der Waals surface area contributed by atoms with Crippen LogP contribution in [0.2, 0.25) is 0 Å². The first-order valence-corrected chi connectivity index (χ1v) is 9.29. The molecule has 1 saturated carbocycles. The quantitative estimate of drug-likeness (QED) is 0.788. The molecule has 1 heterocycles. The van der Waals surface area contributed by atoms with Crippen molar-refractivity contribution in [2.45, 2.75) is 77.5 Å². The SMILES string of the molecule is CC(CN1CCCC1)NC1CCCC1CNC(=O)OC(C)(C)C. The molecule has 0 spiro atoms. The molecule has 1 aliphatic heterocycles. The van der Waals surface area contributed by atoms with Crippen LogP contribution in [0.15, 0.2) is 0 Å². The Morgan fingerprint density at radius 2 is 1.91 bits per heavy atom. The number of carbonyl (C=O) groups excluding carboxylic acids is 1. The number of amides is 1. The molecule has 2 N–H and O–H groups in total. The number of hydrogen-bond donors (Lipinski definition) is 2. The van der Waals surface area contributed by atoms with Gasteiger partial charge in [0, 0.05) is 25.2 Å². The predicted octanol–water partition coefficient (Wildman–Crippen LogP) is 2.75. The van der Waals surface area contributed by atoms with Gasteiger partial charge in [-0.05, 0) is 72.4 Å². The van der Waals surface area contributed by atoms with Crippen LogP contribution in [0.5, 0.6) is 0 Å². The van der Waals surface area contributed by atoms with E-state index in [-0.39, 0.29) is 6.09 Å². The summed E-state index contributed by atoms with van der Waals surface area (Å²) in [6.07, 6.45) is 6.04. The Labute approximate surface area is 141 Å². The Morgan fingerprint density at radius 1 is 1.22 bits per heavy atom. The minimum atomic E-state index is -0.429. The summed E-state index contributed by atoms with van der Waals surface area (Å²) < 4.78 is 5.33. The maximum absolute atomic E-state index is 11.8. The van der Waals surface area contributed by atoms with Gasteiger partial charge in [0.25, 0.3) is 0 Å². The van der Waals surface area contributed by atoms with Gasteiger partial charge in [-0.1, -0.05) is 6.42 Å². The summed E-state index contributed by atoms with van der Waals surface area (Å²) in [6, 6.07) is 1.03. The van der Waals surface area contributed by atoms with Crippen molar-refractivity contribution in [3.8, 4) is 0 Å². The maximum Gasteiger partial charge on any atom is 0.407 e. The third kappa shape index (κ3) is 6.68. The second kappa shape index (κ2) is 8.34. The number of nitrogens with one attached hydrogen (secondary N) is 2. The molecule has 1 saturated heterocycles. The molecule has 134 valence electrons. The lowest BCUT2D eigenvalue weighted by Gasteiger charge is -2.28. The highest BCUT2D eigenvalue weighted by Crippen LogP contribution is 2.25. The molecule has 1 amide bonds. The highest BCUT2D eigenvalue weighted by Gasteiger charge is 2.29. The molecule has 0 radical (unpaired) electrons. The first-order chi connectivity index (χ1) is 10.8. The Morgan fingerprint density at radius 3 is 2.57 bits per heavy atom. The highest BCUT2D eigenvalue weighted by atomic mass is 16.6. The van der Waals surface area contributed by atoms with Crippen molar-refractivity contribution in [1.29, 1.82) is 0 Å². The standard InChI is InChI=1S/C18H35N3O2/c1-14(13-21-10-5-6-11-21)20-16-9-7-8-15(16)12-19-17(22)23-18(2,3)4/h14-16,20H,5-13H2,1-4H3,(H,19,22). The molecule has 2 fully saturated rings. The van der Waals surface area contributed by atoms with Crippen LogP contribution in [-0.4, -0.2) is 54.9 Å². The van der Waals surface area contributed by atoms with E-state index < -0.39 is 5.60 Å². The van der Waals surface area contributed by atoms with Gasteiger partial charge in [-0.3, -0.25) is 0 Å². The zero-order chi connectivity index (χ0) is 16.9. The van der Waals surface area contributed by atoms with Crippen molar-refractivity contribution in [1.82, 2.24) is 15.5 Å². The van der Waals surface area contributed by atoms with Gasteiger partial charge < -0.3 is 20.3 Å². The number of likely N-dealkylation sites (tertiary alicyclic amines) is 1. The molecule has 3 unspecified atom stereocenters. The molecular formula is C18H35N3O2. The van der Waals surface area contributed by atoms with Gasteiger partial charge in [0.15, 0.2) is 0 Å². The van der Waals surface area contributed by atoms with Crippen molar-refractivity contribution in [3.63, 3.8) is 0 Å². The summed E-state index contributed by atoms with van der Waals surface area (Å²) in [4.78, 5) is 14.4. The maximum atomic E-state index is 11.8. The average Bonchev–Trinajstić information content (AvgIpc) is 3.06. The molecule has 2 aliphatic rings. The van der Waals surface area contributed by atoms with Crippen LogP contribution in [0.4, 0.5) is 4.79 Å². The minimum absolute atomic E-state index is 0.298. The first kappa shape index (κ1) is 18.5. The third-order valence-electron chi connectivity index (χ3n) is 4.80. The minimum Gasteiger partial charge on any atom is -0.444 e. The zero-order valence-corrected chi connectivity index (χ0v) is 15.4. The van der Waals surface area contributed by atoms with Crippen LogP contribution in [0.1, 0.15) is 59.8 Å². The smallest absolute Gasteiger partial charge is 0.407 e. The number of rotatable bonds is 6. The summed E-state index contributed by atoms with van der Waals surface area (Å²) in [7, 11) is 0. The van der Waals surface area contributed by atoms with Crippen LogP contribution in [-0.2, 0) is 4.74 Å². The Hall–Kier alpha value is -0.810. The molecule has 5 nitrogen and oxygen atoms in total. The highest BCUT2D eigenvalue weighted by molar-refractivity contribution is 5.67. The number of hydrogen-bond acceptors (Lipinski definition) is 4. The van der Waals surface area contributed by atoms with Gasteiger partial charge in [0.1, 0.15) is 5.60 Å². The van der Waals surface area contributed by atoms with Crippen molar-refractivity contribution in [3.05, 3.63) is 0 Å². The van der Waals surface area contributed by atoms with E-state index in [1.165, 1.54) is 45.2 Å². The fourth-order valence-electron chi connectivity index (χ4n) is 3.80. The lowest BCUT2D eigenvalue weighted by atomic mass is 10.0. The molecule has 2 rings (SSSR count). The second-order valence-corrected chi connectivity index (χ2v) is 8.26. The number of carbonyl (C=O) groups is 1. The summed E-state index contributed by atoms with van der Waals surface area (Å²) in [6.45, 7) is 12.3. The van der Waals surface area contributed by atoms with Gasteiger partial charge >= 0.3 is 6.09 Å². The van der Waals surface area contributed by atoms with Crippen LogP contribution in [0, 0.1) is 5.92 Å². The van der Waals surface area contributed by atoms with Crippen molar-refractivity contribution >= 4 is 6.09 Å². The summed E-state index contributed by atoms with van der Waals surface area (Å²) in [5.74, 6) is 0.517. The van der Waals surface area contributed by atoms with E-state index in [1.807, 2.05) is 20.8 Å². The monoisotopic (exact) mass is 325 g/mol. The van der Waals surface area contributed by atoms with Crippen molar-refractivity contribution in [2.75, 3.05) is 26.2 Å². The molecule has 5 heteroatoms. The van der Waals surface area contributed by atoms with E-state index in [0.29, 0.717) is 24.5 Å². The molecule has 23 heavy (non-hydrogen) atoms. The van der Waals surface area contributed by atoms with Crippen LogP contribution in [0.25, 0.3) is 0 Å². The Kier molecular flexibility index (Phi) is 6.72. The largest absolute Gasteiger partial charge is 0.444 e. The van der Waals surface area contributed by atoms with Gasteiger partial charge in [-0.2, -0.15) is 0 Å². The van der Waals surface area contributed by atoms with Crippen molar-refractivity contribution < 1.29 is 9.53 Å². The zero-order valence-electron chi connectivity index (χ0n) is 15.4. The molecule has 3 atom stereocenters. The molecule has 1 aliphatic carbocycles. The van der Waals surface area contributed by atoms with E-state index in [9.17, 15) is 4.79 Å². The predicted molar refractivity (Wildman–Crippen MR) is 93.6 cm³/mol. The van der Waals surface area contributed by atoms with Gasteiger partial charge in [-0.25, -0.2) is 4.79 Å². The first-order valence-electron chi connectivity index (χ1n) is 9.29. The molecule has 0 aromatic heterocycles. The lowest BCUT2D eigenvalue weighted by Crippen LogP contribution is -2.47. The summed E-state index contributed by atoms with van der Waals surface area (Å²) in [5, 5.41) is 6.74. The topological polar surface area (TPSA) is 53.6 Å². The van der Waals surface area contributed by atoms with E-state index in [4.69, 9.17) is 4.74 Å². The third-order valence-corrected chi connectivity index (χ3v) is 4.80. The van der Waals surface area contributed by atoms with Crippen molar-refractivity contribution in [2.24, 2.45) is 5.92 Å². The average molecular weight is 325 g/mol. The molecular weight excluding hydrogens is 290 g/mol. The summed E-state index contributed by atoms with van der Waals surface area (Å²) >= 11 is 0. The molecule has 0 aromatic carbocycles. The van der Waals surface area contributed by atoms with E-state index >= 15 is 0 Å². The summed E-state index contributed by atoms with van der Waals surface area (Å²) in [5.41, 5.74) is -0.429. The van der Waals surface area contributed by atoms with Gasteiger partial charge in [0.05, 0.1) is 0 Å².